The average molecular weight is 195 g/mol. The molecule has 14 heavy (non-hydrogen) atoms. The van der Waals surface area contributed by atoms with E-state index in [-0.39, 0.29) is 18.7 Å². The lowest BCUT2D eigenvalue weighted by Crippen LogP contribution is -2.13. The van der Waals surface area contributed by atoms with E-state index in [1.165, 1.54) is 18.7 Å². The highest BCUT2D eigenvalue weighted by Crippen LogP contribution is 2.01. The monoisotopic (exact) mass is 195 g/mol. The molecule has 0 aliphatic carbocycles. The number of anilines is 1. The average Bonchev–Trinajstić information content (AvgIpc) is 2.16. The van der Waals surface area contributed by atoms with Crippen LogP contribution in [0.25, 0.3) is 0 Å². The first kappa shape index (κ1) is 10.1. The molecule has 6 nitrogen and oxygen atoms in total. The summed E-state index contributed by atoms with van der Waals surface area (Å²) in [6, 6.07) is 0. The van der Waals surface area contributed by atoms with Gasteiger partial charge in [0.2, 0.25) is 5.91 Å². The van der Waals surface area contributed by atoms with Gasteiger partial charge < -0.3 is 10.4 Å². The fourth-order valence-corrected chi connectivity index (χ4v) is 0.808. The summed E-state index contributed by atoms with van der Waals surface area (Å²) >= 11 is 0. The molecule has 1 heterocycles. The molecule has 1 aromatic heterocycles. The molecule has 0 fully saturated rings. The molecule has 74 valence electrons. The van der Waals surface area contributed by atoms with Crippen molar-refractivity contribution in [1.29, 1.82) is 0 Å². The zero-order valence-electron chi connectivity index (χ0n) is 7.30. The van der Waals surface area contributed by atoms with Gasteiger partial charge in [-0.25, -0.2) is 9.97 Å². The Balaban J connectivity index is 2.38. The lowest BCUT2D eigenvalue weighted by Gasteiger charge is -2.01. The molecule has 0 aliphatic rings. The van der Waals surface area contributed by atoms with Crippen LogP contribution in [0, 0.1) is 0 Å². The second kappa shape index (κ2) is 4.90. The van der Waals surface area contributed by atoms with Crippen molar-refractivity contribution in [3.05, 3.63) is 18.7 Å². The van der Waals surface area contributed by atoms with Gasteiger partial charge in [-0.2, -0.15) is 0 Å². The summed E-state index contributed by atoms with van der Waals surface area (Å²) in [4.78, 5) is 28.6. The van der Waals surface area contributed by atoms with Gasteiger partial charge in [0.05, 0.1) is 24.5 Å². The number of nitrogens with one attached hydrogen (secondary N) is 1. The standard InChI is InChI=1S/C8H9N3O3/c12-7(1-2-8(13)14)11-6-3-9-5-10-4-6/h3-5H,1-2H2,(H,11,12)(H,13,14). The van der Waals surface area contributed by atoms with Crippen LogP contribution in [0.3, 0.4) is 0 Å². The zero-order valence-corrected chi connectivity index (χ0v) is 7.30. The Bertz CT molecular complexity index is 326. The Labute approximate surface area is 80.0 Å². The molecule has 1 rings (SSSR count). The van der Waals surface area contributed by atoms with Gasteiger partial charge >= 0.3 is 5.97 Å². The van der Waals surface area contributed by atoms with Gasteiger partial charge in [-0.1, -0.05) is 0 Å². The number of nitrogens with zero attached hydrogens (tertiary/aromatic N) is 2. The first-order valence-corrected chi connectivity index (χ1v) is 3.95. The first-order chi connectivity index (χ1) is 6.68. The number of rotatable bonds is 4. The molecule has 0 saturated heterocycles. The van der Waals surface area contributed by atoms with Crippen molar-refractivity contribution in [3.8, 4) is 0 Å². The Hall–Kier alpha value is -1.98. The molecule has 0 spiro atoms. The number of aliphatic carboxylic acids is 1. The molecule has 2 N–H and O–H groups in total. The quantitative estimate of drug-likeness (QED) is 0.719. The summed E-state index contributed by atoms with van der Waals surface area (Å²) in [5, 5.41) is 10.8. The minimum Gasteiger partial charge on any atom is -0.481 e. The Kier molecular flexibility index (Phi) is 3.54. The molecule has 0 unspecified atom stereocenters. The topological polar surface area (TPSA) is 92.2 Å². The van der Waals surface area contributed by atoms with Crippen LogP contribution in [0.1, 0.15) is 12.8 Å². The van der Waals surface area contributed by atoms with Crippen molar-refractivity contribution in [2.45, 2.75) is 12.8 Å². The number of carboxylic acids is 1. The number of amides is 1. The molecular formula is C8H9N3O3. The maximum Gasteiger partial charge on any atom is 0.303 e. The summed E-state index contributed by atoms with van der Waals surface area (Å²) in [5.74, 6) is -1.35. The van der Waals surface area contributed by atoms with Crippen molar-refractivity contribution >= 4 is 17.6 Å². The van der Waals surface area contributed by atoms with E-state index in [1.54, 1.807) is 0 Å². The van der Waals surface area contributed by atoms with Crippen molar-refractivity contribution in [2.75, 3.05) is 5.32 Å². The second-order valence-corrected chi connectivity index (χ2v) is 2.57. The maximum absolute atomic E-state index is 11.1. The number of carbonyl (C=O) groups excluding carboxylic acids is 1. The second-order valence-electron chi connectivity index (χ2n) is 2.57. The normalized spacial score (nSPS) is 9.43. The molecule has 0 atom stereocenters. The SMILES string of the molecule is O=C(O)CCC(=O)Nc1cncnc1. The molecular weight excluding hydrogens is 186 g/mol. The van der Waals surface area contributed by atoms with Crippen molar-refractivity contribution in [3.63, 3.8) is 0 Å². The van der Waals surface area contributed by atoms with Crippen LogP contribution >= 0.6 is 0 Å². The Morgan fingerprint density at radius 2 is 1.93 bits per heavy atom. The predicted molar refractivity (Wildman–Crippen MR) is 47.5 cm³/mol. The molecule has 0 bridgehead atoms. The van der Waals surface area contributed by atoms with Crippen molar-refractivity contribution in [2.24, 2.45) is 0 Å². The number of aromatic nitrogens is 2. The van der Waals surface area contributed by atoms with Gasteiger partial charge in [-0.05, 0) is 0 Å². The van der Waals surface area contributed by atoms with Gasteiger partial charge in [0.1, 0.15) is 6.33 Å². The number of hydrogen-bond donors (Lipinski definition) is 2. The zero-order chi connectivity index (χ0) is 10.4. The van der Waals surface area contributed by atoms with Gasteiger partial charge in [-0.15, -0.1) is 0 Å². The van der Waals surface area contributed by atoms with Crippen molar-refractivity contribution < 1.29 is 14.7 Å². The summed E-state index contributed by atoms with van der Waals surface area (Å²) in [6.07, 6.45) is 3.98. The van der Waals surface area contributed by atoms with E-state index in [2.05, 4.69) is 15.3 Å². The third-order valence-electron chi connectivity index (χ3n) is 1.41. The van der Waals surface area contributed by atoms with Crippen LogP contribution in [-0.4, -0.2) is 27.0 Å². The van der Waals surface area contributed by atoms with E-state index in [1.807, 2.05) is 0 Å². The summed E-state index contributed by atoms with van der Waals surface area (Å²) in [5.41, 5.74) is 0.461. The molecule has 0 aliphatic heterocycles. The Morgan fingerprint density at radius 1 is 1.29 bits per heavy atom. The van der Waals surface area contributed by atoms with E-state index in [0.717, 1.165) is 0 Å². The van der Waals surface area contributed by atoms with Crippen LogP contribution in [0.2, 0.25) is 0 Å². The third kappa shape index (κ3) is 3.61. The predicted octanol–water partition coefficient (Wildman–Crippen LogP) is 0.280. The highest BCUT2D eigenvalue weighted by atomic mass is 16.4. The summed E-state index contributed by atoms with van der Waals surface area (Å²) in [6.45, 7) is 0. The minimum absolute atomic E-state index is 0.0514. The third-order valence-corrected chi connectivity index (χ3v) is 1.41. The van der Waals surface area contributed by atoms with E-state index in [9.17, 15) is 9.59 Å². The Morgan fingerprint density at radius 3 is 2.50 bits per heavy atom. The lowest BCUT2D eigenvalue weighted by atomic mass is 10.3. The van der Waals surface area contributed by atoms with E-state index in [0.29, 0.717) is 5.69 Å². The van der Waals surface area contributed by atoms with E-state index >= 15 is 0 Å². The van der Waals surface area contributed by atoms with Crippen molar-refractivity contribution in [1.82, 2.24) is 9.97 Å². The smallest absolute Gasteiger partial charge is 0.303 e. The van der Waals surface area contributed by atoms with E-state index in [4.69, 9.17) is 5.11 Å². The van der Waals surface area contributed by atoms with Gasteiger partial charge in [0.25, 0.3) is 0 Å². The van der Waals surface area contributed by atoms with Crippen LogP contribution in [0.5, 0.6) is 0 Å². The van der Waals surface area contributed by atoms with E-state index < -0.39 is 5.97 Å². The van der Waals surface area contributed by atoms with Crippen LogP contribution in [-0.2, 0) is 9.59 Å². The molecule has 0 aromatic carbocycles. The van der Waals surface area contributed by atoms with Crippen LogP contribution in [0.15, 0.2) is 18.7 Å². The molecule has 0 saturated carbocycles. The molecule has 1 amide bonds. The highest BCUT2D eigenvalue weighted by Gasteiger charge is 2.05. The summed E-state index contributed by atoms with van der Waals surface area (Å²) in [7, 11) is 0. The largest absolute Gasteiger partial charge is 0.481 e. The summed E-state index contributed by atoms with van der Waals surface area (Å²) < 4.78 is 0. The van der Waals surface area contributed by atoms with Crippen LogP contribution < -0.4 is 5.32 Å². The maximum atomic E-state index is 11.1. The number of carboxylic acid groups (broad SMARTS) is 1. The first-order valence-electron chi connectivity index (χ1n) is 3.95. The molecule has 1 aromatic rings. The lowest BCUT2D eigenvalue weighted by molar-refractivity contribution is -0.138. The fraction of sp³-hybridized carbons (Fsp3) is 0.250. The highest BCUT2D eigenvalue weighted by molar-refractivity contribution is 5.92. The fourth-order valence-electron chi connectivity index (χ4n) is 0.808. The molecule has 6 heteroatoms. The molecule has 0 radical (unpaired) electrons. The minimum atomic E-state index is -0.996. The van der Waals surface area contributed by atoms with Gasteiger partial charge in [0.15, 0.2) is 0 Å². The number of carbonyl (C=O) groups is 2. The number of hydrogen-bond acceptors (Lipinski definition) is 4. The van der Waals surface area contributed by atoms with Gasteiger partial charge in [-0.3, -0.25) is 9.59 Å². The van der Waals surface area contributed by atoms with Crippen LogP contribution in [0.4, 0.5) is 5.69 Å². The van der Waals surface area contributed by atoms with Gasteiger partial charge in [0, 0.05) is 6.42 Å².